The lowest BCUT2D eigenvalue weighted by Gasteiger charge is -2.54. The average Bonchev–Trinajstić information content (AvgIpc) is 3.23. The SMILES string of the molecule is CC1CN(C(=O)CC2CN(C(=O)c3cc(C#N)c[nH]3)C3(CCC3)CO2)C(C)(C)C1. The fraction of sp³-hybridized carbons (Fsp3) is 0.682. The maximum Gasteiger partial charge on any atom is 0.270 e. The van der Waals surface area contributed by atoms with Crippen LogP contribution in [0.25, 0.3) is 0 Å². The lowest BCUT2D eigenvalue weighted by atomic mass is 9.74. The molecule has 2 aliphatic heterocycles. The van der Waals surface area contributed by atoms with Gasteiger partial charge in [-0.25, -0.2) is 0 Å². The number of ether oxygens (including phenoxy) is 1. The van der Waals surface area contributed by atoms with Crippen LogP contribution in [0.3, 0.4) is 0 Å². The van der Waals surface area contributed by atoms with E-state index in [-0.39, 0.29) is 29.0 Å². The molecule has 2 amide bonds. The first-order valence-corrected chi connectivity index (χ1v) is 10.6. The highest BCUT2D eigenvalue weighted by atomic mass is 16.5. The van der Waals surface area contributed by atoms with Crippen molar-refractivity contribution in [3.8, 4) is 6.07 Å². The number of aromatic nitrogens is 1. The summed E-state index contributed by atoms with van der Waals surface area (Å²) in [7, 11) is 0. The van der Waals surface area contributed by atoms with E-state index in [2.05, 4.69) is 31.8 Å². The van der Waals surface area contributed by atoms with Gasteiger partial charge in [0.1, 0.15) is 11.8 Å². The molecule has 0 radical (unpaired) electrons. The molecule has 156 valence electrons. The highest BCUT2D eigenvalue weighted by molar-refractivity contribution is 5.93. The van der Waals surface area contributed by atoms with Crippen molar-refractivity contribution in [2.75, 3.05) is 19.7 Å². The monoisotopic (exact) mass is 398 g/mol. The number of nitriles is 1. The summed E-state index contributed by atoms with van der Waals surface area (Å²) < 4.78 is 6.10. The largest absolute Gasteiger partial charge is 0.373 e. The minimum absolute atomic E-state index is 0.105. The number of aromatic amines is 1. The second kappa shape index (κ2) is 7.17. The molecule has 1 aromatic heterocycles. The van der Waals surface area contributed by atoms with Crippen molar-refractivity contribution >= 4 is 11.8 Å². The van der Waals surface area contributed by atoms with E-state index in [1.807, 2.05) is 9.80 Å². The van der Waals surface area contributed by atoms with Crippen LogP contribution in [0.4, 0.5) is 0 Å². The number of hydrogen-bond acceptors (Lipinski definition) is 4. The Morgan fingerprint density at radius 3 is 2.62 bits per heavy atom. The molecule has 0 aromatic carbocycles. The summed E-state index contributed by atoms with van der Waals surface area (Å²) in [5.41, 5.74) is 0.472. The van der Waals surface area contributed by atoms with Gasteiger partial charge in [0.05, 0.1) is 30.2 Å². The van der Waals surface area contributed by atoms with Crippen LogP contribution in [0, 0.1) is 17.2 Å². The van der Waals surface area contributed by atoms with Crippen LogP contribution >= 0.6 is 0 Å². The molecule has 7 heteroatoms. The fourth-order valence-corrected chi connectivity index (χ4v) is 5.28. The molecule has 1 N–H and O–H groups in total. The van der Waals surface area contributed by atoms with Gasteiger partial charge in [0.15, 0.2) is 0 Å². The van der Waals surface area contributed by atoms with Crippen molar-refractivity contribution < 1.29 is 14.3 Å². The Morgan fingerprint density at radius 2 is 2.07 bits per heavy atom. The van der Waals surface area contributed by atoms with E-state index < -0.39 is 0 Å². The summed E-state index contributed by atoms with van der Waals surface area (Å²) in [4.78, 5) is 33.0. The molecule has 3 aliphatic rings. The zero-order chi connectivity index (χ0) is 20.8. The van der Waals surface area contributed by atoms with Crippen LogP contribution in [0.15, 0.2) is 12.3 Å². The number of H-pyrrole nitrogens is 1. The third kappa shape index (κ3) is 3.55. The van der Waals surface area contributed by atoms with Crippen molar-refractivity contribution in [2.45, 2.75) is 70.1 Å². The third-order valence-corrected chi connectivity index (χ3v) is 6.89. The van der Waals surface area contributed by atoms with Crippen molar-refractivity contribution in [3.63, 3.8) is 0 Å². The molecule has 3 fully saturated rings. The molecule has 1 spiro atoms. The lowest BCUT2D eigenvalue weighted by molar-refractivity contribution is -0.149. The molecule has 0 bridgehead atoms. The molecule has 29 heavy (non-hydrogen) atoms. The van der Waals surface area contributed by atoms with Gasteiger partial charge in [0.25, 0.3) is 5.91 Å². The topological polar surface area (TPSA) is 89.4 Å². The molecule has 4 rings (SSSR count). The molecule has 2 atom stereocenters. The van der Waals surface area contributed by atoms with E-state index in [0.29, 0.717) is 36.7 Å². The highest BCUT2D eigenvalue weighted by Gasteiger charge is 2.50. The van der Waals surface area contributed by atoms with Crippen LogP contribution < -0.4 is 0 Å². The fourth-order valence-electron chi connectivity index (χ4n) is 5.28. The summed E-state index contributed by atoms with van der Waals surface area (Å²) in [6, 6.07) is 3.65. The molecule has 3 heterocycles. The van der Waals surface area contributed by atoms with Gasteiger partial charge in [0, 0.05) is 24.8 Å². The van der Waals surface area contributed by atoms with Gasteiger partial charge in [-0.15, -0.1) is 0 Å². The van der Waals surface area contributed by atoms with Crippen molar-refractivity contribution in [2.24, 2.45) is 5.92 Å². The smallest absolute Gasteiger partial charge is 0.270 e. The van der Waals surface area contributed by atoms with Gasteiger partial charge in [-0.1, -0.05) is 6.92 Å². The van der Waals surface area contributed by atoms with Gasteiger partial charge in [-0.05, 0) is 51.5 Å². The highest BCUT2D eigenvalue weighted by Crippen LogP contribution is 2.42. The molecular formula is C22H30N4O3. The minimum Gasteiger partial charge on any atom is -0.373 e. The lowest BCUT2D eigenvalue weighted by Crippen LogP contribution is -2.65. The van der Waals surface area contributed by atoms with E-state index >= 15 is 0 Å². The molecule has 2 saturated heterocycles. The van der Waals surface area contributed by atoms with Gasteiger partial charge in [0.2, 0.25) is 5.91 Å². The Labute approximate surface area is 172 Å². The van der Waals surface area contributed by atoms with Crippen LogP contribution in [0.5, 0.6) is 0 Å². The predicted octanol–water partition coefficient (Wildman–Crippen LogP) is 2.69. The van der Waals surface area contributed by atoms with Gasteiger partial charge >= 0.3 is 0 Å². The molecule has 2 unspecified atom stereocenters. The summed E-state index contributed by atoms with van der Waals surface area (Å²) >= 11 is 0. The number of amides is 2. The normalized spacial score (nSPS) is 27.5. The zero-order valence-electron chi connectivity index (χ0n) is 17.5. The van der Waals surface area contributed by atoms with E-state index in [4.69, 9.17) is 10.00 Å². The number of morpholine rings is 1. The molecular weight excluding hydrogens is 368 g/mol. The van der Waals surface area contributed by atoms with E-state index in [1.54, 1.807) is 12.3 Å². The van der Waals surface area contributed by atoms with Crippen LogP contribution in [-0.4, -0.2) is 63.5 Å². The molecule has 1 aromatic rings. The molecule has 7 nitrogen and oxygen atoms in total. The number of likely N-dealkylation sites (tertiary alicyclic amines) is 1. The predicted molar refractivity (Wildman–Crippen MR) is 107 cm³/mol. The van der Waals surface area contributed by atoms with E-state index in [1.165, 1.54) is 0 Å². The number of carbonyl (C=O) groups is 2. The first-order valence-electron chi connectivity index (χ1n) is 10.6. The van der Waals surface area contributed by atoms with Crippen molar-refractivity contribution in [1.82, 2.24) is 14.8 Å². The number of nitrogens with one attached hydrogen (secondary N) is 1. The van der Waals surface area contributed by atoms with Gasteiger partial charge < -0.3 is 19.5 Å². The number of nitrogens with zero attached hydrogens (tertiary/aromatic N) is 3. The first-order chi connectivity index (χ1) is 13.7. The number of carbonyl (C=O) groups excluding carboxylic acids is 2. The Balaban J connectivity index is 1.47. The zero-order valence-corrected chi connectivity index (χ0v) is 17.5. The number of rotatable bonds is 3. The Morgan fingerprint density at radius 1 is 1.31 bits per heavy atom. The van der Waals surface area contributed by atoms with Crippen LogP contribution in [0.1, 0.15) is 68.9 Å². The Bertz CT molecular complexity index is 848. The van der Waals surface area contributed by atoms with E-state index in [9.17, 15) is 9.59 Å². The molecule has 1 aliphatic carbocycles. The average molecular weight is 399 g/mol. The summed E-state index contributed by atoms with van der Waals surface area (Å²) in [6.45, 7) is 8.08. The summed E-state index contributed by atoms with van der Waals surface area (Å²) in [5, 5.41) is 9.05. The van der Waals surface area contributed by atoms with Crippen molar-refractivity contribution in [1.29, 1.82) is 5.26 Å². The maximum absolute atomic E-state index is 13.2. The molecule has 1 saturated carbocycles. The minimum atomic E-state index is -0.296. The van der Waals surface area contributed by atoms with Crippen LogP contribution in [-0.2, 0) is 9.53 Å². The Kier molecular flexibility index (Phi) is 4.94. The van der Waals surface area contributed by atoms with Gasteiger partial charge in [-0.3, -0.25) is 9.59 Å². The first kappa shape index (κ1) is 20.0. The van der Waals surface area contributed by atoms with Gasteiger partial charge in [-0.2, -0.15) is 5.26 Å². The summed E-state index contributed by atoms with van der Waals surface area (Å²) in [5.74, 6) is 0.495. The quantitative estimate of drug-likeness (QED) is 0.848. The number of hydrogen-bond donors (Lipinski definition) is 1. The van der Waals surface area contributed by atoms with E-state index in [0.717, 1.165) is 32.2 Å². The van der Waals surface area contributed by atoms with Crippen molar-refractivity contribution in [3.05, 3.63) is 23.5 Å². The second-order valence-electron chi connectivity index (χ2n) is 9.67. The Hall–Kier alpha value is -2.33. The maximum atomic E-state index is 13.2. The second-order valence-corrected chi connectivity index (χ2v) is 9.67. The standard InChI is InChI=1S/C22H30N4O3/c1-15-9-21(2,3)25(12-15)19(27)8-17-13-26(22(14-29-17)5-4-6-22)20(28)18-7-16(10-23)11-24-18/h7,11,15,17,24H,4-6,8-9,12-14H2,1-3H3. The van der Waals surface area contributed by atoms with Crippen LogP contribution in [0.2, 0.25) is 0 Å². The third-order valence-electron chi connectivity index (χ3n) is 6.89. The summed E-state index contributed by atoms with van der Waals surface area (Å²) in [6.07, 6.45) is 5.47.